The Morgan fingerprint density at radius 2 is 1.08 bits per heavy atom. The second-order valence-electron chi connectivity index (χ2n) is 7.32. The number of unbranched alkanes of at least 4 members (excludes halogenated alkanes) is 15. The van der Waals surface area contributed by atoms with Crippen molar-refractivity contribution >= 4 is 21.9 Å². The molecule has 0 aromatic carbocycles. The highest BCUT2D eigenvalue weighted by molar-refractivity contribution is 9.09. The predicted octanol–water partition coefficient (Wildman–Crippen LogP) is 7.97. The Bertz CT molecular complexity index is 269. The van der Waals surface area contributed by atoms with E-state index in [1.807, 2.05) is 0 Å². The molecule has 25 heavy (non-hydrogen) atoms. The molecule has 0 aliphatic heterocycles. The van der Waals surface area contributed by atoms with E-state index in [2.05, 4.69) is 22.9 Å². The van der Waals surface area contributed by atoms with Crippen LogP contribution < -0.4 is 0 Å². The standard InChI is InChI=1S/C22H43BrO2/c1-2-3-4-5-6-7-8-9-10-11-12-13-16-19-22(24)25-21-18-15-14-17-20-23/h2-21H2,1H3. The van der Waals surface area contributed by atoms with Gasteiger partial charge in [-0.15, -0.1) is 0 Å². The average Bonchev–Trinajstić information content (AvgIpc) is 2.62. The molecule has 0 rings (SSSR count). The molecule has 0 radical (unpaired) electrons. The summed E-state index contributed by atoms with van der Waals surface area (Å²) in [5.41, 5.74) is 0. The monoisotopic (exact) mass is 418 g/mol. The van der Waals surface area contributed by atoms with Gasteiger partial charge in [0.15, 0.2) is 0 Å². The number of carbonyl (C=O) groups excluding carboxylic acids is 1. The van der Waals surface area contributed by atoms with Crippen LogP contribution in [0.15, 0.2) is 0 Å². The summed E-state index contributed by atoms with van der Waals surface area (Å²) in [7, 11) is 0. The highest BCUT2D eigenvalue weighted by atomic mass is 79.9. The highest BCUT2D eigenvalue weighted by Gasteiger charge is 2.02. The summed E-state index contributed by atoms with van der Waals surface area (Å²) in [6.07, 6.45) is 22.6. The quantitative estimate of drug-likeness (QED) is 0.114. The Morgan fingerprint density at radius 3 is 1.60 bits per heavy atom. The zero-order valence-corrected chi connectivity index (χ0v) is 18.4. The van der Waals surface area contributed by atoms with Crippen LogP contribution in [0.25, 0.3) is 0 Å². The molecule has 0 heterocycles. The summed E-state index contributed by atoms with van der Waals surface area (Å²) in [6.45, 7) is 2.89. The second kappa shape index (κ2) is 22.0. The smallest absolute Gasteiger partial charge is 0.305 e. The summed E-state index contributed by atoms with van der Waals surface area (Å²) in [5, 5.41) is 1.08. The molecule has 0 spiro atoms. The first-order valence-corrected chi connectivity index (χ1v) is 12.1. The minimum atomic E-state index is 0.00330. The molecule has 0 atom stereocenters. The lowest BCUT2D eigenvalue weighted by atomic mass is 10.0. The Morgan fingerprint density at radius 1 is 0.640 bits per heavy atom. The van der Waals surface area contributed by atoms with Crippen molar-refractivity contribution in [3.8, 4) is 0 Å². The maximum atomic E-state index is 11.6. The van der Waals surface area contributed by atoms with Crippen LogP contribution in [0.1, 0.15) is 122 Å². The third-order valence-corrected chi connectivity index (χ3v) is 5.34. The number of halogens is 1. The van der Waals surface area contributed by atoms with Crippen LogP contribution in [0.3, 0.4) is 0 Å². The minimum absolute atomic E-state index is 0.00330. The van der Waals surface area contributed by atoms with E-state index in [0.29, 0.717) is 13.0 Å². The first-order valence-electron chi connectivity index (χ1n) is 11.0. The van der Waals surface area contributed by atoms with Gasteiger partial charge in [-0.05, 0) is 19.3 Å². The molecular formula is C22H43BrO2. The fraction of sp³-hybridized carbons (Fsp3) is 0.955. The van der Waals surface area contributed by atoms with Crippen molar-refractivity contribution in [1.29, 1.82) is 0 Å². The van der Waals surface area contributed by atoms with Gasteiger partial charge in [-0.1, -0.05) is 113 Å². The molecule has 0 amide bonds. The number of hydrogen-bond acceptors (Lipinski definition) is 2. The maximum Gasteiger partial charge on any atom is 0.305 e. The van der Waals surface area contributed by atoms with Crippen LogP contribution in [-0.2, 0) is 9.53 Å². The van der Waals surface area contributed by atoms with Crippen LogP contribution in [-0.4, -0.2) is 17.9 Å². The number of esters is 1. The van der Waals surface area contributed by atoms with E-state index in [1.54, 1.807) is 0 Å². The number of rotatable bonds is 20. The molecule has 0 aliphatic carbocycles. The predicted molar refractivity (Wildman–Crippen MR) is 114 cm³/mol. The Labute approximate surface area is 166 Å². The van der Waals surface area contributed by atoms with Gasteiger partial charge in [-0.25, -0.2) is 0 Å². The van der Waals surface area contributed by atoms with E-state index in [0.717, 1.165) is 24.6 Å². The van der Waals surface area contributed by atoms with Crippen molar-refractivity contribution in [3.63, 3.8) is 0 Å². The molecule has 0 saturated heterocycles. The first kappa shape index (κ1) is 24.9. The van der Waals surface area contributed by atoms with E-state index in [-0.39, 0.29) is 5.97 Å². The Balaban J connectivity index is 3.11. The summed E-state index contributed by atoms with van der Waals surface area (Å²) >= 11 is 3.43. The van der Waals surface area contributed by atoms with Gasteiger partial charge >= 0.3 is 5.97 Å². The van der Waals surface area contributed by atoms with Gasteiger partial charge in [-0.3, -0.25) is 4.79 Å². The Hall–Kier alpha value is -0.0500. The van der Waals surface area contributed by atoms with Gasteiger partial charge in [0.05, 0.1) is 6.61 Å². The lowest BCUT2D eigenvalue weighted by Crippen LogP contribution is -2.05. The van der Waals surface area contributed by atoms with Gasteiger partial charge in [0.2, 0.25) is 0 Å². The van der Waals surface area contributed by atoms with Crippen LogP contribution in [0, 0.1) is 0 Å². The summed E-state index contributed by atoms with van der Waals surface area (Å²) in [6, 6.07) is 0. The van der Waals surface area contributed by atoms with Crippen molar-refractivity contribution in [2.24, 2.45) is 0 Å². The van der Waals surface area contributed by atoms with E-state index >= 15 is 0 Å². The summed E-state index contributed by atoms with van der Waals surface area (Å²) in [5.74, 6) is 0.00330. The molecule has 2 nitrogen and oxygen atoms in total. The van der Waals surface area contributed by atoms with Crippen molar-refractivity contribution in [2.45, 2.75) is 122 Å². The molecule has 0 N–H and O–H groups in total. The zero-order valence-electron chi connectivity index (χ0n) is 16.8. The van der Waals surface area contributed by atoms with Gasteiger partial charge in [0, 0.05) is 11.8 Å². The molecule has 0 bridgehead atoms. The van der Waals surface area contributed by atoms with Gasteiger partial charge in [-0.2, -0.15) is 0 Å². The van der Waals surface area contributed by atoms with Gasteiger partial charge < -0.3 is 4.74 Å². The van der Waals surface area contributed by atoms with Crippen LogP contribution in [0.2, 0.25) is 0 Å². The molecule has 0 aliphatic rings. The summed E-state index contributed by atoms with van der Waals surface area (Å²) in [4.78, 5) is 11.6. The van der Waals surface area contributed by atoms with E-state index in [1.165, 1.54) is 89.9 Å². The first-order chi connectivity index (χ1) is 12.3. The third kappa shape index (κ3) is 21.9. The SMILES string of the molecule is CCCCCCCCCCCCCCCC(=O)OCCCCCCBr. The molecule has 0 fully saturated rings. The topological polar surface area (TPSA) is 26.3 Å². The van der Waals surface area contributed by atoms with Crippen molar-refractivity contribution < 1.29 is 9.53 Å². The lowest BCUT2D eigenvalue weighted by molar-refractivity contribution is -0.143. The second-order valence-corrected chi connectivity index (χ2v) is 8.11. The number of carbonyl (C=O) groups is 1. The Kier molecular flexibility index (Phi) is 21.9. The average molecular weight is 419 g/mol. The van der Waals surface area contributed by atoms with Crippen molar-refractivity contribution in [3.05, 3.63) is 0 Å². The maximum absolute atomic E-state index is 11.6. The van der Waals surface area contributed by atoms with Gasteiger partial charge in [0.1, 0.15) is 0 Å². The highest BCUT2D eigenvalue weighted by Crippen LogP contribution is 2.13. The lowest BCUT2D eigenvalue weighted by Gasteiger charge is -2.05. The van der Waals surface area contributed by atoms with E-state index < -0.39 is 0 Å². The number of hydrogen-bond donors (Lipinski definition) is 0. The van der Waals surface area contributed by atoms with Crippen LogP contribution in [0.4, 0.5) is 0 Å². The van der Waals surface area contributed by atoms with E-state index in [4.69, 9.17) is 4.74 Å². The molecule has 0 saturated carbocycles. The van der Waals surface area contributed by atoms with Crippen LogP contribution >= 0.6 is 15.9 Å². The van der Waals surface area contributed by atoms with Crippen molar-refractivity contribution in [1.82, 2.24) is 0 Å². The molecule has 0 aromatic heterocycles. The fourth-order valence-corrected chi connectivity index (χ4v) is 3.49. The molecule has 0 unspecified atom stereocenters. The van der Waals surface area contributed by atoms with E-state index in [9.17, 15) is 4.79 Å². The molecule has 3 heteroatoms. The zero-order chi connectivity index (χ0) is 18.4. The normalized spacial score (nSPS) is 11.0. The third-order valence-electron chi connectivity index (χ3n) is 4.78. The molecular weight excluding hydrogens is 376 g/mol. The minimum Gasteiger partial charge on any atom is -0.466 e. The largest absolute Gasteiger partial charge is 0.466 e. The molecule has 0 aromatic rings. The number of ether oxygens (including phenoxy) is 1. The number of alkyl halides is 1. The summed E-state index contributed by atoms with van der Waals surface area (Å²) < 4.78 is 5.28. The molecule has 150 valence electrons. The van der Waals surface area contributed by atoms with Gasteiger partial charge in [0.25, 0.3) is 0 Å². The van der Waals surface area contributed by atoms with Crippen molar-refractivity contribution in [2.75, 3.05) is 11.9 Å². The fourth-order valence-electron chi connectivity index (χ4n) is 3.10. The van der Waals surface area contributed by atoms with Crippen LogP contribution in [0.5, 0.6) is 0 Å².